The van der Waals surface area contributed by atoms with Crippen LogP contribution in [0.25, 0.3) is 10.9 Å². The van der Waals surface area contributed by atoms with Gasteiger partial charge < -0.3 is 5.32 Å². The molecule has 1 aromatic carbocycles. The third kappa shape index (κ3) is 2.45. The van der Waals surface area contributed by atoms with Crippen molar-refractivity contribution in [3.05, 3.63) is 57.9 Å². The van der Waals surface area contributed by atoms with Crippen molar-refractivity contribution in [2.24, 2.45) is 0 Å². The highest BCUT2D eigenvalue weighted by molar-refractivity contribution is 7.12. The Morgan fingerprint density at radius 1 is 1.26 bits per heavy atom. The smallest absolute Gasteiger partial charge is 0.265 e. The van der Waals surface area contributed by atoms with Gasteiger partial charge >= 0.3 is 0 Å². The lowest BCUT2D eigenvalue weighted by atomic mass is 10.2. The van der Waals surface area contributed by atoms with E-state index in [1.165, 1.54) is 11.3 Å². The molecule has 2 aromatic heterocycles. The molecular weight excluding hydrogens is 280 g/mol. The van der Waals surface area contributed by atoms with Gasteiger partial charge in [-0.1, -0.05) is 23.7 Å². The maximum absolute atomic E-state index is 12.1. The molecule has 1 N–H and O–H groups in total. The lowest BCUT2D eigenvalue weighted by Gasteiger charge is -2.07. The summed E-state index contributed by atoms with van der Waals surface area (Å²) in [5, 5.41) is 6.19. The van der Waals surface area contributed by atoms with Gasteiger partial charge in [-0.25, -0.2) is 0 Å². The molecule has 0 saturated carbocycles. The van der Waals surface area contributed by atoms with E-state index in [4.69, 9.17) is 11.6 Å². The van der Waals surface area contributed by atoms with Crippen molar-refractivity contribution < 1.29 is 4.79 Å². The molecule has 0 aliphatic rings. The highest BCUT2D eigenvalue weighted by Gasteiger charge is 2.10. The molecule has 5 heteroatoms. The number of carbonyl (C=O) groups is 1. The van der Waals surface area contributed by atoms with E-state index >= 15 is 0 Å². The fourth-order valence-electron chi connectivity index (χ4n) is 1.84. The second-order valence-electron chi connectivity index (χ2n) is 3.96. The van der Waals surface area contributed by atoms with Crippen molar-refractivity contribution in [3.63, 3.8) is 0 Å². The van der Waals surface area contributed by atoms with Crippen molar-refractivity contribution in [2.75, 3.05) is 5.32 Å². The first kappa shape index (κ1) is 12.1. The van der Waals surface area contributed by atoms with E-state index in [1.807, 2.05) is 29.6 Å². The summed E-state index contributed by atoms with van der Waals surface area (Å²) in [6.07, 6.45) is 1.69. The van der Waals surface area contributed by atoms with Gasteiger partial charge in [0.25, 0.3) is 5.91 Å². The second kappa shape index (κ2) is 4.99. The highest BCUT2D eigenvalue weighted by atomic mass is 35.5. The summed E-state index contributed by atoms with van der Waals surface area (Å²) >= 11 is 7.45. The van der Waals surface area contributed by atoms with Crippen LogP contribution in [0.2, 0.25) is 5.02 Å². The Balaban J connectivity index is 2.03. The van der Waals surface area contributed by atoms with E-state index in [1.54, 1.807) is 18.3 Å². The molecule has 0 unspecified atom stereocenters. The summed E-state index contributed by atoms with van der Waals surface area (Å²) in [5.41, 5.74) is 1.36. The standard InChI is InChI=1S/C14H9ClN2OS/c15-10-7-9-3-1-5-16-13(9)11(8-10)17-14(18)12-4-2-6-19-12/h1-8H,(H,17,18). The fourth-order valence-corrected chi connectivity index (χ4v) is 2.69. The summed E-state index contributed by atoms with van der Waals surface area (Å²) < 4.78 is 0. The van der Waals surface area contributed by atoms with Gasteiger partial charge in [0, 0.05) is 16.6 Å². The first-order valence-electron chi connectivity index (χ1n) is 5.63. The number of hydrogen-bond acceptors (Lipinski definition) is 3. The van der Waals surface area contributed by atoms with E-state index in [0.29, 0.717) is 15.6 Å². The molecule has 94 valence electrons. The quantitative estimate of drug-likeness (QED) is 0.768. The number of fused-ring (bicyclic) bond motifs is 1. The Bertz CT molecular complexity index is 740. The molecule has 3 rings (SSSR count). The van der Waals surface area contributed by atoms with Crippen molar-refractivity contribution >= 4 is 45.4 Å². The minimum Gasteiger partial charge on any atom is -0.319 e. The number of nitrogens with one attached hydrogen (secondary N) is 1. The van der Waals surface area contributed by atoms with Gasteiger partial charge in [0.15, 0.2) is 0 Å². The Kier molecular flexibility index (Phi) is 3.19. The van der Waals surface area contributed by atoms with Crippen LogP contribution in [-0.4, -0.2) is 10.9 Å². The first-order valence-corrected chi connectivity index (χ1v) is 6.89. The average Bonchev–Trinajstić information content (AvgIpc) is 2.92. The number of benzene rings is 1. The van der Waals surface area contributed by atoms with Crippen LogP contribution < -0.4 is 5.32 Å². The minimum absolute atomic E-state index is 0.149. The summed E-state index contributed by atoms with van der Waals surface area (Å²) in [4.78, 5) is 17.0. The van der Waals surface area contributed by atoms with E-state index in [2.05, 4.69) is 10.3 Å². The Hall–Kier alpha value is -1.91. The van der Waals surface area contributed by atoms with Gasteiger partial charge in [0.2, 0.25) is 0 Å². The largest absolute Gasteiger partial charge is 0.319 e. The number of nitrogens with zero attached hydrogens (tertiary/aromatic N) is 1. The molecule has 0 spiro atoms. The predicted molar refractivity (Wildman–Crippen MR) is 79.0 cm³/mol. The zero-order valence-electron chi connectivity index (χ0n) is 9.76. The second-order valence-corrected chi connectivity index (χ2v) is 5.34. The molecule has 3 nitrogen and oxygen atoms in total. The van der Waals surface area contributed by atoms with E-state index in [-0.39, 0.29) is 5.91 Å². The Morgan fingerprint density at radius 3 is 2.95 bits per heavy atom. The zero-order valence-corrected chi connectivity index (χ0v) is 11.3. The third-order valence-corrected chi connectivity index (χ3v) is 3.75. The first-order chi connectivity index (χ1) is 9.24. The molecule has 2 heterocycles. The molecule has 19 heavy (non-hydrogen) atoms. The van der Waals surface area contributed by atoms with Crippen LogP contribution in [0.5, 0.6) is 0 Å². The number of hydrogen-bond donors (Lipinski definition) is 1. The Morgan fingerprint density at radius 2 is 2.16 bits per heavy atom. The normalized spacial score (nSPS) is 10.6. The summed E-state index contributed by atoms with van der Waals surface area (Å²) in [5.74, 6) is -0.149. The van der Waals surface area contributed by atoms with Gasteiger partial charge in [0.05, 0.1) is 16.1 Å². The van der Waals surface area contributed by atoms with E-state index < -0.39 is 0 Å². The fraction of sp³-hybridized carbons (Fsp3) is 0. The number of thiophene rings is 1. The SMILES string of the molecule is O=C(Nc1cc(Cl)cc2cccnc12)c1cccs1. The number of halogens is 1. The molecule has 3 aromatic rings. The highest BCUT2D eigenvalue weighted by Crippen LogP contribution is 2.27. The Labute approximate surface area is 118 Å². The number of amides is 1. The van der Waals surface area contributed by atoms with Crippen molar-refractivity contribution in [3.8, 4) is 0 Å². The van der Waals surface area contributed by atoms with Crippen LogP contribution in [0.1, 0.15) is 9.67 Å². The third-order valence-electron chi connectivity index (χ3n) is 2.66. The molecule has 0 aliphatic heterocycles. The molecular formula is C14H9ClN2OS. The number of pyridine rings is 1. The van der Waals surface area contributed by atoms with Crippen molar-refractivity contribution in [1.82, 2.24) is 4.98 Å². The van der Waals surface area contributed by atoms with Crippen LogP contribution in [0.4, 0.5) is 5.69 Å². The van der Waals surface area contributed by atoms with Gasteiger partial charge in [-0.05, 0) is 29.6 Å². The number of carbonyl (C=O) groups excluding carboxylic acids is 1. The number of anilines is 1. The molecule has 0 aliphatic carbocycles. The average molecular weight is 289 g/mol. The maximum atomic E-state index is 12.1. The lowest BCUT2D eigenvalue weighted by Crippen LogP contribution is -2.10. The summed E-state index contributed by atoms with van der Waals surface area (Å²) in [6.45, 7) is 0. The molecule has 0 saturated heterocycles. The van der Waals surface area contributed by atoms with E-state index in [9.17, 15) is 4.79 Å². The monoisotopic (exact) mass is 288 g/mol. The maximum Gasteiger partial charge on any atom is 0.265 e. The number of rotatable bonds is 2. The van der Waals surface area contributed by atoms with Gasteiger partial charge in [0.1, 0.15) is 0 Å². The van der Waals surface area contributed by atoms with Gasteiger partial charge in [-0.2, -0.15) is 0 Å². The molecule has 0 bridgehead atoms. The molecule has 0 fully saturated rings. The van der Waals surface area contributed by atoms with Crippen LogP contribution in [0, 0.1) is 0 Å². The van der Waals surface area contributed by atoms with Crippen molar-refractivity contribution in [2.45, 2.75) is 0 Å². The summed E-state index contributed by atoms with van der Waals surface area (Å²) in [6, 6.07) is 10.9. The van der Waals surface area contributed by atoms with E-state index in [0.717, 1.165) is 10.9 Å². The molecule has 1 amide bonds. The zero-order chi connectivity index (χ0) is 13.2. The van der Waals surface area contributed by atoms with Crippen molar-refractivity contribution in [1.29, 1.82) is 0 Å². The van der Waals surface area contributed by atoms with Gasteiger partial charge in [-0.3, -0.25) is 9.78 Å². The van der Waals surface area contributed by atoms with Crippen LogP contribution in [0.15, 0.2) is 48.0 Å². The minimum atomic E-state index is -0.149. The molecule has 0 radical (unpaired) electrons. The van der Waals surface area contributed by atoms with Crippen LogP contribution in [0.3, 0.4) is 0 Å². The summed E-state index contributed by atoms with van der Waals surface area (Å²) in [7, 11) is 0. The van der Waals surface area contributed by atoms with Gasteiger partial charge in [-0.15, -0.1) is 11.3 Å². The van der Waals surface area contributed by atoms with Crippen LogP contribution >= 0.6 is 22.9 Å². The topological polar surface area (TPSA) is 42.0 Å². The van der Waals surface area contributed by atoms with Crippen LogP contribution in [-0.2, 0) is 0 Å². The molecule has 0 atom stereocenters. The number of aromatic nitrogens is 1. The predicted octanol–water partition coefficient (Wildman–Crippen LogP) is 4.20. The lowest BCUT2D eigenvalue weighted by molar-refractivity contribution is 0.103.